The van der Waals surface area contributed by atoms with E-state index in [1.54, 1.807) is 18.2 Å². The van der Waals surface area contributed by atoms with Crippen LogP contribution in [0.15, 0.2) is 48.5 Å². The highest BCUT2D eigenvalue weighted by Crippen LogP contribution is 2.27. The molecule has 1 saturated heterocycles. The van der Waals surface area contributed by atoms with Crippen molar-refractivity contribution in [1.82, 2.24) is 10.6 Å². The molecule has 0 aliphatic carbocycles. The Balaban J connectivity index is 0.00000243. The number of nitrogens with one attached hydrogen (secondary N) is 2. The Morgan fingerprint density at radius 1 is 1.15 bits per heavy atom. The predicted octanol–water partition coefficient (Wildman–Crippen LogP) is 3.03. The Morgan fingerprint density at radius 2 is 1.92 bits per heavy atom. The van der Waals surface area contributed by atoms with E-state index in [2.05, 4.69) is 10.6 Å². The molecule has 4 nitrogen and oxygen atoms in total. The molecule has 2 N–H and O–H groups in total. The molecular formula is C19H21ClF2N2O2. The van der Waals surface area contributed by atoms with Gasteiger partial charge in [-0.2, -0.15) is 0 Å². The van der Waals surface area contributed by atoms with Gasteiger partial charge < -0.3 is 15.4 Å². The predicted molar refractivity (Wildman–Crippen MR) is 97.7 cm³/mol. The molecule has 26 heavy (non-hydrogen) atoms. The molecule has 1 amide bonds. The van der Waals surface area contributed by atoms with Gasteiger partial charge in [-0.05, 0) is 42.8 Å². The maximum atomic E-state index is 13.5. The summed E-state index contributed by atoms with van der Waals surface area (Å²) in [5.41, 5.74) is 0.690. The molecular weight excluding hydrogens is 362 g/mol. The molecule has 2 unspecified atom stereocenters. The minimum atomic E-state index is -0.867. The van der Waals surface area contributed by atoms with Crippen LogP contribution in [0, 0.1) is 11.6 Å². The fourth-order valence-electron chi connectivity index (χ4n) is 3.07. The molecule has 140 valence electrons. The number of rotatable bonds is 5. The topological polar surface area (TPSA) is 50.4 Å². The highest BCUT2D eigenvalue weighted by atomic mass is 35.5. The summed E-state index contributed by atoms with van der Waals surface area (Å²) in [6.07, 6.45) is 0.732. The Bertz CT molecular complexity index is 731. The monoisotopic (exact) mass is 382 g/mol. The van der Waals surface area contributed by atoms with E-state index in [-0.39, 0.29) is 36.9 Å². The summed E-state index contributed by atoms with van der Waals surface area (Å²) in [7, 11) is 0. The molecule has 2 atom stereocenters. The molecule has 1 aliphatic heterocycles. The molecule has 1 fully saturated rings. The fraction of sp³-hybridized carbons (Fsp3) is 0.316. The lowest BCUT2D eigenvalue weighted by Crippen LogP contribution is -2.51. The molecule has 1 heterocycles. The molecule has 1 aliphatic rings. The van der Waals surface area contributed by atoms with E-state index in [4.69, 9.17) is 4.74 Å². The second-order valence-electron chi connectivity index (χ2n) is 6.05. The zero-order chi connectivity index (χ0) is 17.6. The van der Waals surface area contributed by atoms with Gasteiger partial charge in [0.05, 0.1) is 0 Å². The highest BCUT2D eigenvalue weighted by Gasteiger charge is 2.28. The average molecular weight is 383 g/mol. The van der Waals surface area contributed by atoms with Crippen molar-refractivity contribution in [2.45, 2.75) is 18.4 Å². The van der Waals surface area contributed by atoms with Gasteiger partial charge in [0, 0.05) is 18.5 Å². The van der Waals surface area contributed by atoms with Crippen LogP contribution < -0.4 is 15.4 Å². The Labute approximate surface area is 157 Å². The maximum absolute atomic E-state index is 13.5. The normalized spacial score (nSPS) is 19.3. The van der Waals surface area contributed by atoms with Crippen LogP contribution in [0.25, 0.3) is 0 Å². The van der Waals surface area contributed by atoms with Crippen molar-refractivity contribution in [3.05, 3.63) is 65.7 Å². The van der Waals surface area contributed by atoms with Crippen molar-refractivity contribution in [2.24, 2.45) is 0 Å². The molecule has 3 rings (SSSR count). The van der Waals surface area contributed by atoms with Gasteiger partial charge in [-0.25, -0.2) is 8.78 Å². The van der Waals surface area contributed by atoms with Gasteiger partial charge in [-0.1, -0.05) is 24.3 Å². The summed E-state index contributed by atoms with van der Waals surface area (Å²) in [6, 6.07) is 12.8. The quantitative estimate of drug-likeness (QED) is 0.835. The van der Waals surface area contributed by atoms with Gasteiger partial charge in [0.1, 0.15) is 5.75 Å². The van der Waals surface area contributed by atoms with Crippen molar-refractivity contribution >= 4 is 18.3 Å². The number of piperidine rings is 1. The van der Waals surface area contributed by atoms with Crippen LogP contribution in [0.2, 0.25) is 0 Å². The van der Waals surface area contributed by atoms with E-state index in [9.17, 15) is 13.6 Å². The zero-order valence-corrected chi connectivity index (χ0v) is 14.9. The fourth-order valence-corrected chi connectivity index (χ4v) is 3.07. The number of carbonyl (C=O) groups is 1. The van der Waals surface area contributed by atoms with Gasteiger partial charge in [-0.15, -0.1) is 12.4 Å². The number of carbonyl (C=O) groups excluding carboxylic acids is 1. The first-order valence-corrected chi connectivity index (χ1v) is 8.26. The van der Waals surface area contributed by atoms with E-state index in [0.29, 0.717) is 17.9 Å². The van der Waals surface area contributed by atoms with Crippen molar-refractivity contribution < 1.29 is 18.3 Å². The van der Waals surface area contributed by atoms with Gasteiger partial charge in [-0.3, -0.25) is 4.79 Å². The molecule has 2 aromatic rings. The second kappa shape index (κ2) is 9.50. The molecule has 0 bridgehead atoms. The lowest BCUT2D eigenvalue weighted by Gasteiger charge is -2.33. The van der Waals surface area contributed by atoms with Gasteiger partial charge in [0.25, 0.3) is 5.91 Å². The number of amides is 1. The summed E-state index contributed by atoms with van der Waals surface area (Å²) in [4.78, 5) is 12.2. The third kappa shape index (κ3) is 5.16. The molecule has 0 radical (unpaired) electrons. The number of ether oxygens (including phenoxy) is 1. The summed E-state index contributed by atoms with van der Waals surface area (Å²) in [5, 5.41) is 6.15. The number of halogens is 3. The van der Waals surface area contributed by atoms with Crippen LogP contribution in [-0.4, -0.2) is 31.6 Å². The van der Waals surface area contributed by atoms with Crippen LogP contribution in [0.3, 0.4) is 0 Å². The third-order valence-electron chi connectivity index (χ3n) is 4.31. The highest BCUT2D eigenvalue weighted by molar-refractivity contribution is 5.85. The number of hydrogen-bond acceptors (Lipinski definition) is 3. The standard InChI is InChI=1S/C19H20F2N2O2.ClH/c20-16-7-6-13(10-17(16)21)15-8-9-22-11-18(15)23-19(24)12-25-14-4-2-1-3-5-14;/h1-7,10,15,18,22H,8-9,11-12H2,(H,23,24);1H. The van der Waals surface area contributed by atoms with Crippen molar-refractivity contribution in [2.75, 3.05) is 19.7 Å². The van der Waals surface area contributed by atoms with Crippen LogP contribution >= 0.6 is 12.4 Å². The molecule has 0 spiro atoms. The Kier molecular flexibility index (Phi) is 7.36. The molecule has 2 aromatic carbocycles. The summed E-state index contributed by atoms with van der Waals surface area (Å²) < 4.78 is 32.1. The molecule has 7 heteroatoms. The van der Waals surface area contributed by atoms with E-state index < -0.39 is 11.6 Å². The second-order valence-corrected chi connectivity index (χ2v) is 6.05. The molecule has 0 aromatic heterocycles. The minimum absolute atomic E-state index is 0. The van der Waals surface area contributed by atoms with Crippen LogP contribution in [0.5, 0.6) is 5.75 Å². The number of benzene rings is 2. The van der Waals surface area contributed by atoms with Gasteiger partial charge in [0.2, 0.25) is 0 Å². The number of para-hydroxylation sites is 1. The SMILES string of the molecule is Cl.O=C(COc1ccccc1)NC1CNCCC1c1ccc(F)c(F)c1. The van der Waals surface area contributed by atoms with Crippen molar-refractivity contribution in [3.8, 4) is 5.75 Å². The summed E-state index contributed by atoms with van der Waals surface area (Å²) >= 11 is 0. The first-order valence-electron chi connectivity index (χ1n) is 8.26. The van der Waals surface area contributed by atoms with Crippen LogP contribution in [0.4, 0.5) is 8.78 Å². The average Bonchev–Trinajstić information content (AvgIpc) is 2.64. The zero-order valence-electron chi connectivity index (χ0n) is 14.1. The maximum Gasteiger partial charge on any atom is 0.258 e. The Morgan fingerprint density at radius 3 is 2.65 bits per heavy atom. The molecule has 0 saturated carbocycles. The van der Waals surface area contributed by atoms with E-state index in [1.807, 2.05) is 18.2 Å². The van der Waals surface area contributed by atoms with Crippen LogP contribution in [-0.2, 0) is 4.79 Å². The Hall–Kier alpha value is -2.18. The largest absolute Gasteiger partial charge is 0.484 e. The van der Waals surface area contributed by atoms with Crippen molar-refractivity contribution in [1.29, 1.82) is 0 Å². The smallest absolute Gasteiger partial charge is 0.258 e. The van der Waals surface area contributed by atoms with Gasteiger partial charge >= 0.3 is 0 Å². The first-order chi connectivity index (χ1) is 12.1. The van der Waals surface area contributed by atoms with E-state index in [1.165, 1.54) is 6.07 Å². The lowest BCUT2D eigenvalue weighted by atomic mass is 9.86. The third-order valence-corrected chi connectivity index (χ3v) is 4.31. The lowest BCUT2D eigenvalue weighted by molar-refractivity contribution is -0.124. The van der Waals surface area contributed by atoms with E-state index in [0.717, 1.165) is 19.0 Å². The summed E-state index contributed by atoms with van der Waals surface area (Å²) in [5.74, 6) is -1.43. The first kappa shape index (κ1) is 20.1. The number of hydrogen-bond donors (Lipinski definition) is 2. The summed E-state index contributed by atoms with van der Waals surface area (Å²) in [6.45, 7) is 1.24. The van der Waals surface area contributed by atoms with Crippen molar-refractivity contribution in [3.63, 3.8) is 0 Å². The van der Waals surface area contributed by atoms with Crippen LogP contribution in [0.1, 0.15) is 17.9 Å². The van der Waals surface area contributed by atoms with E-state index >= 15 is 0 Å². The van der Waals surface area contributed by atoms with Gasteiger partial charge in [0.15, 0.2) is 18.2 Å². The minimum Gasteiger partial charge on any atom is -0.484 e.